The van der Waals surface area contributed by atoms with E-state index in [9.17, 15) is 4.79 Å². The zero-order valence-corrected chi connectivity index (χ0v) is 12.8. The molecule has 5 nitrogen and oxygen atoms in total. The molecule has 20 heavy (non-hydrogen) atoms. The van der Waals surface area contributed by atoms with E-state index >= 15 is 0 Å². The van der Waals surface area contributed by atoms with Crippen LogP contribution in [0.4, 0.5) is 0 Å². The van der Waals surface area contributed by atoms with Crippen molar-refractivity contribution in [1.29, 1.82) is 0 Å². The van der Waals surface area contributed by atoms with Crippen molar-refractivity contribution in [3.05, 3.63) is 50.7 Å². The van der Waals surface area contributed by atoms with Crippen molar-refractivity contribution in [2.24, 2.45) is 0 Å². The van der Waals surface area contributed by atoms with Crippen LogP contribution in [0.3, 0.4) is 0 Å². The van der Waals surface area contributed by atoms with Gasteiger partial charge in [0.25, 0.3) is 0 Å². The maximum atomic E-state index is 11.1. The second-order valence-corrected chi connectivity index (χ2v) is 5.65. The highest BCUT2D eigenvalue weighted by Gasteiger charge is 2.15. The number of nitrogens with zero attached hydrogens (tertiary/aromatic N) is 3. The van der Waals surface area contributed by atoms with E-state index in [0.29, 0.717) is 11.5 Å². The van der Waals surface area contributed by atoms with Crippen LogP contribution in [0.25, 0.3) is 17.0 Å². The third-order valence-electron chi connectivity index (χ3n) is 2.82. The molecule has 0 amide bonds. The molecule has 0 fully saturated rings. The molecule has 1 N–H and O–H groups in total. The standard InChI is InChI=1S/C13H7ClIN3O2/c14-9-5-7(13(19)20)6-18-11(16-17-12(9)18)8-3-1-2-4-10(8)15/h1-6H,(H,19,20). The van der Waals surface area contributed by atoms with Crippen molar-refractivity contribution in [1.82, 2.24) is 14.6 Å². The van der Waals surface area contributed by atoms with Gasteiger partial charge in [0.2, 0.25) is 0 Å². The number of carboxylic acids is 1. The Morgan fingerprint density at radius 2 is 2.05 bits per heavy atom. The number of fused-ring (bicyclic) bond motifs is 1. The summed E-state index contributed by atoms with van der Waals surface area (Å²) in [5, 5.41) is 17.5. The Bertz CT molecular complexity index is 832. The summed E-state index contributed by atoms with van der Waals surface area (Å²) in [7, 11) is 0. The lowest BCUT2D eigenvalue weighted by atomic mass is 10.2. The molecule has 0 spiro atoms. The van der Waals surface area contributed by atoms with Gasteiger partial charge in [-0.3, -0.25) is 4.40 Å². The Balaban J connectivity index is 2.33. The fraction of sp³-hybridized carbons (Fsp3) is 0. The van der Waals surface area contributed by atoms with Crippen LogP contribution < -0.4 is 0 Å². The molecule has 0 aliphatic rings. The number of halogens is 2. The molecule has 0 aliphatic carbocycles. The first-order chi connectivity index (χ1) is 9.58. The van der Waals surface area contributed by atoms with Gasteiger partial charge in [-0.1, -0.05) is 29.8 Å². The fourth-order valence-electron chi connectivity index (χ4n) is 1.90. The van der Waals surface area contributed by atoms with Crippen molar-refractivity contribution >= 4 is 45.8 Å². The van der Waals surface area contributed by atoms with Gasteiger partial charge in [0.15, 0.2) is 11.5 Å². The highest BCUT2D eigenvalue weighted by Crippen LogP contribution is 2.27. The smallest absolute Gasteiger partial charge is 0.337 e. The summed E-state index contributed by atoms with van der Waals surface area (Å²) in [4.78, 5) is 11.1. The molecule has 2 aromatic heterocycles. The molecule has 0 radical (unpaired) electrons. The zero-order valence-electron chi connectivity index (χ0n) is 9.92. The molecule has 3 rings (SSSR count). The molecule has 2 heterocycles. The first-order valence-corrected chi connectivity index (χ1v) is 7.06. The summed E-state index contributed by atoms with van der Waals surface area (Å²) in [5.74, 6) is -0.480. The predicted molar refractivity (Wildman–Crippen MR) is 83.1 cm³/mol. The lowest BCUT2D eigenvalue weighted by Crippen LogP contribution is -2.00. The van der Waals surface area contributed by atoms with E-state index in [4.69, 9.17) is 16.7 Å². The average Bonchev–Trinajstić information content (AvgIpc) is 2.83. The van der Waals surface area contributed by atoms with E-state index in [1.807, 2.05) is 24.3 Å². The monoisotopic (exact) mass is 399 g/mol. The number of aromatic carboxylic acids is 1. The van der Waals surface area contributed by atoms with Crippen LogP contribution in [-0.4, -0.2) is 25.7 Å². The predicted octanol–water partition coefficient (Wildman–Crippen LogP) is 3.35. The van der Waals surface area contributed by atoms with E-state index < -0.39 is 5.97 Å². The Labute approximate surface area is 132 Å². The molecule has 100 valence electrons. The third kappa shape index (κ3) is 2.14. The molecule has 1 aromatic carbocycles. The van der Waals surface area contributed by atoms with E-state index in [0.717, 1.165) is 9.13 Å². The van der Waals surface area contributed by atoms with Crippen LogP contribution in [-0.2, 0) is 0 Å². The van der Waals surface area contributed by atoms with Gasteiger partial charge in [0, 0.05) is 15.3 Å². The van der Waals surface area contributed by atoms with Gasteiger partial charge in [-0.15, -0.1) is 10.2 Å². The Kier molecular flexibility index (Phi) is 3.35. The van der Waals surface area contributed by atoms with Gasteiger partial charge in [0.1, 0.15) is 0 Å². The van der Waals surface area contributed by atoms with Gasteiger partial charge in [-0.25, -0.2) is 4.79 Å². The van der Waals surface area contributed by atoms with Gasteiger partial charge in [-0.05, 0) is 34.7 Å². The van der Waals surface area contributed by atoms with E-state index in [-0.39, 0.29) is 10.6 Å². The third-order valence-corrected chi connectivity index (χ3v) is 4.04. The Hall–Kier alpha value is -1.67. The summed E-state index contributed by atoms with van der Waals surface area (Å²) < 4.78 is 2.60. The molecule has 7 heteroatoms. The van der Waals surface area contributed by atoms with Gasteiger partial charge >= 0.3 is 5.97 Å². The minimum atomic E-state index is -1.05. The van der Waals surface area contributed by atoms with E-state index in [2.05, 4.69) is 32.8 Å². The second kappa shape index (κ2) is 5.02. The number of aromatic nitrogens is 3. The van der Waals surface area contributed by atoms with E-state index in [1.54, 1.807) is 4.40 Å². The van der Waals surface area contributed by atoms with Gasteiger partial charge < -0.3 is 5.11 Å². The van der Waals surface area contributed by atoms with Crippen molar-refractivity contribution < 1.29 is 9.90 Å². The van der Waals surface area contributed by atoms with Crippen LogP contribution in [0.5, 0.6) is 0 Å². The number of carbonyl (C=O) groups is 1. The number of rotatable bonds is 2. The second-order valence-electron chi connectivity index (χ2n) is 4.08. The number of carboxylic acid groups (broad SMARTS) is 1. The van der Waals surface area contributed by atoms with Gasteiger partial charge in [-0.2, -0.15) is 0 Å². The Morgan fingerprint density at radius 1 is 1.30 bits per heavy atom. The normalized spacial score (nSPS) is 10.9. The van der Waals surface area contributed by atoms with Crippen LogP contribution in [0.15, 0.2) is 36.5 Å². The number of pyridine rings is 1. The van der Waals surface area contributed by atoms with Crippen LogP contribution in [0, 0.1) is 3.57 Å². The summed E-state index contributed by atoms with van der Waals surface area (Å²) in [6, 6.07) is 9.03. The van der Waals surface area contributed by atoms with Crippen LogP contribution >= 0.6 is 34.2 Å². The molecule has 0 unspecified atom stereocenters. The SMILES string of the molecule is O=C(O)c1cc(Cl)c2nnc(-c3ccccc3I)n2c1. The average molecular weight is 400 g/mol. The first kappa shape index (κ1) is 13.3. The van der Waals surface area contributed by atoms with E-state index in [1.165, 1.54) is 12.3 Å². The lowest BCUT2D eigenvalue weighted by Gasteiger charge is -2.04. The highest BCUT2D eigenvalue weighted by molar-refractivity contribution is 14.1. The Morgan fingerprint density at radius 3 is 2.75 bits per heavy atom. The summed E-state index contributed by atoms with van der Waals surface area (Å²) in [5.41, 5.74) is 1.40. The first-order valence-electron chi connectivity index (χ1n) is 5.60. The van der Waals surface area contributed by atoms with Crippen LogP contribution in [0.1, 0.15) is 10.4 Å². The number of benzene rings is 1. The molecular formula is C13H7ClIN3O2. The molecule has 0 saturated carbocycles. The van der Waals surface area contributed by atoms with Gasteiger partial charge in [0.05, 0.1) is 10.6 Å². The van der Waals surface area contributed by atoms with Crippen molar-refractivity contribution in [2.75, 3.05) is 0 Å². The molecule has 0 aliphatic heterocycles. The minimum Gasteiger partial charge on any atom is -0.478 e. The maximum Gasteiger partial charge on any atom is 0.337 e. The fourth-order valence-corrected chi connectivity index (χ4v) is 2.77. The number of hydrogen-bond acceptors (Lipinski definition) is 3. The highest BCUT2D eigenvalue weighted by atomic mass is 127. The largest absolute Gasteiger partial charge is 0.478 e. The van der Waals surface area contributed by atoms with Crippen molar-refractivity contribution in [3.63, 3.8) is 0 Å². The van der Waals surface area contributed by atoms with Crippen molar-refractivity contribution in [2.45, 2.75) is 0 Å². The lowest BCUT2D eigenvalue weighted by molar-refractivity contribution is 0.0696. The quantitative estimate of drug-likeness (QED) is 0.671. The maximum absolute atomic E-state index is 11.1. The van der Waals surface area contributed by atoms with Crippen molar-refractivity contribution in [3.8, 4) is 11.4 Å². The summed E-state index contributed by atoms with van der Waals surface area (Å²) in [6.45, 7) is 0. The van der Waals surface area contributed by atoms with Crippen LogP contribution in [0.2, 0.25) is 5.02 Å². The number of hydrogen-bond donors (Lipinski definition) is 1. The summed E-state index contributed by atoms with van der Waals surface area (Å²) >= 11 is 8.25. The zero-order chi connectivity index (χ0) is 14.3. The molecule has 0 saturated heterocycles. The molecule has 3 aromatic rings. The summed E-state index contributed by atoms with van der Waals surface area (Å²) in [6.07, 6.45) is 1.47. The molecular weight excluding hydrogens is 393 g/mol. The topological polar surface area (TPSA) is 67.5 Å². The minimum absolute atomic E-state index is 0.0921. The molecule has 0 bridgehead atoms. The molecule has 0 atom stereocenters.